The number of benzene rings is 2. The number of rotatable bonds is 5. The highest BCUT2D eigenvalue weighted by Crippen LogP contribution is 2.22. The third kappa shape index (κ3) is 4.25. The number of aryl methyl sites for hydroxylation is 3. The molecule has 0 spiro atoms. The third-order valence-corrected chi connectivity index (χ3v) is 4.41. The first-order valence-electron chi connectivity index (χ1n) is 8.85. The lowest BCUT2D eigenvalue weighted by Gasteiger charge is -2.18. The summed E-state index contributed by atoms with van der Waals surface area (Å²) in [6.45, 7) is 5.88. The standard InChI is InChI=1S/C21H22N4O3/c1-13-9-14(2)19(15(3)10-13)23-18(26)11-25(4)21(27)17-7-5-16(6-8-17)20-24-22-12-28-20/h5-10,12H,11H2,1-4H3,(H,23,26). The Morgan fingerprint density at radius 3 is 2.29 bits per heavy atom. The predicted octanol–water partition coefficient (Wildman–Crippen LogP) is 3.37. The zero-order valence-corrected chi connectivity index (χ0v) is 16.3. The van der Waals surface area contributed by atoms with Crippen molar-refractivity contribution in [1.82, 2.24) is 15.1 Å². The van der Waals surface area contributed by atoms with Gasteiger partial charge in [0.05, 0.1) is 6.54 Å². The van der Waals surface area contributed by atoms with Crippen molar-refractivity contribution in [3.63, 3.8) is 0 Å². The molecule has 0 aliphatic carbocycles. The van der Waals surface area contributed by atoms with Crippen molar-refractivity contribution in [2.75, 3.05) is 18.9 Å². The summed E-state index contributed by atoms with van der Waals surface area (Å²) in [5.41, 5.74) is 5.12. The Kier molecular flexibility index (Phi) is 5.54. The fraction of sp³-hybridized carbons (Fsp3) is 0.238. The highest BCUT2D eigenvalue weighted by atomic mass is 16.4. The Balaban J connectivity index is 1.64. The SMILES string of the molecule is Cc1cc(C)c(NC(=O)CN(C)C(=O)c2ccc(-c3nnco3)cc2)c(C)c1. The van der Waals surface area contributed by atoms with Crippen LogP contribution in [0.3, 0.4) is 0 Å². The molecule has 3 aromatic rings. The molecule has 1 aromatic heterocycles. The van der Waals surface area contributed by atoms with E-state index in [2.05, 4.69) is 15.5 Å². The molecule has 0 aliphatic rings. The van der Waals surface area contributed by atoms with Gasteiger partial charge >= 0.3 is 0 Å². The number of anilines is 1. The summed E-state index contributed by atoms with van der Waals surface area (Å²) >= 11 is 0. The van der Waals surface area contributed by atoms with Crippen LogP contribution in [0.5, 0.6) is 0 Å². The van der Waals surface area contributed by atoms with E-state index in [1.165, 1.54) is 11.3 Å². The van der Waals surface area contributed by atoms with E-state index in [4.69, 9.17) is 4.42 Å². The highest BCUT2D eigenvalue weighted by Gasteiger charge is 2.17. The van der Waals surface area contributed by atoms with Crippen LogP contribution >= 0.6 is 0 Å². The summed E-state index contributed by atoms with van der Waals surface area (Å²) in [6.07, 6.45) is 1.25. The van der Waals surface area contributed by atoms with Crippen LogP contribution in [0.4, 0.5) is 5.69 Å². The molecule has 144 valence electrons. The van der Waals surface area contributed by atoms with Gasteiger partial charge in [0, 0.05) is 23.9 Å². The summed E-state index contributed by atoms with van der Waals surface area (Å²) in [6, 6.07) is 10.8. The van der Waals surface area contributed by atoms with Gasteiger partial charge in [0.25, 0.3) is 5.91 Å². The van der Waals surface area contributed by atoms with Crippen LogP contribution in [0.15, 0.2) is 47.2 Å². The first-order chi connectivity index (χ1) is 13.3. The monoisotopic (exact) mass is 378 g/mol. The number of nitrogens with zero attached hydrogens (tertiary/aromatic N) is 3. The number of carbonyl (C=O) groups is 2. The maximum absolute atomic E-state index is 12.6. The second-order valence-corrected chi connectivity index (χ2v) is 6.80. The molecule has 3 rings (SSSR count). The van der Waals surface area contributed by atoms with E-state index < -0.39 is 0 Å². The molecule has 2 amide bonds. The summed E-state index contributed by atoms with van der Waals surface area (Å²) in [4.78, 5) is 26.4. The van der Waals surface area contributed by atoms with Crippen molar-refractivity contribution in [3.05, 3.63) is 65.0 Å². The van der Waals surface area contributed by atoms with Crippen LogP contribution in [0.1, 0.15) is 27.0 Å². The van der Waals surface area contributed by atoms with Gasteiger partial charge in [-0.2, -0.15) is 0 Å². The van der Waals surface area contributed by atoms with Gasteiger partial charge in [0.2, 0.25) is 18.2 Å². The molecule has 0 fully saturated rings. The Labute approximate surface area is 163 Å². The third-order valence-electron chi connectivity index (χ3n) is 4.41. The number of hydrogen-bond donors (Lipinski definition) is 1. The minimum Gasteiger partial charge on any atom is -0.423 e. The Bertz CT molecular complexity index is 972. The van der Waals surface area contributed by atoms with E-state index >= 15 is 0 Å². The van der Waals surface area contributed by atoms with Gasteiger partial charge in [-0.05, 0) is 56.2 Å². The van der Waals surface area contributed by atoms with Gasteiger partial charge in [-0.3, -0.25) is 9.59 Å². The van der Waals surface area contributed by atoms with E-state index in [9.17, 15) is 9.59 Å². The van der Waals surface area contributed by atoms with Crippen molar-refractivity contribution in [3.8, 4) is 11.5 Å². The van der Waals surface area contributed by atoms with Gasteiger partial charge in [-0.25, -0.2) is 0 Å². The maximum atomic E-state index is 12.6. The number of aromatic nitrogens is 2. The zero-order chi connectivity index (χ0) is 20.3. The predicted molar refractivity (Wildman–Crippen MR) is 106 cm³/mol. The lowest BCUT2D eigenvalue weighted by atomic mass is 10.1. The zero-order valence-electron chi connectivity index (χ0n) is 16.3. The fourth-order valence-electron chi connectivity index (χ4n) is 3.12. The van der Waals surface area contributed by atoms with Gasteiger partial charge in [0.1, 0.15) is 0 Å². The minimum atomic E-state index is -0.246. The van der Waals surface area contributed by atoms with E-state index in [0.717, 1.165) is 27.9 Å². The van der Waals surface area contributed by atoms with Crippen molar-refractivity contribution >= 4 is 17.5 Å². The number of likely N-dealkylation sites (N-methyl/N-ethyl adjacent to an activating group) is 1. The molecule has 28 heavy (non-hydrogen) atoms. The largest absolute Gasteiger partial charge is 0.423 e. The molecule has 0 saturated carbocycles. The molecule has 0 aliphatic heterocycles. The second kappa shape index (κ2) is 8.04. The van der Waals surface area contributed by atoms with Crippen LogP contribution in [0, 0.1) is 20.8 Å². The van der Waals surface area contributed by atoms with E-state index in [1.54, 1.807) is 31.3 Å². The molecule has 0 radical (unpaired) electrons. The van der Waals surface area contributed by atoms with Crippen LogP contribution in [-0.2, 0) is 4.79 Å². The molecule has 7 heteroatoms. The lowest BCUT2D eigenvalue weighted by molar-refractivity contribution is -0.116. The first-order valence-corrected chi connectivity index (χ1v) is 8.85. The smallest absolute Gasteiger partial charge is 0.254 e. The van der Waals surface area contributed by atoms with Gasteiger partial charge < -0.3 is 14.6 Å². The molecule has 1 heterocycles. The van der Waals surface area contributed by atoms with Gasteiger partial charge in [0.15, 0.2) is 0 Å². The Morgan fingerprint density at radius 2 is 1.71 bits per heavy atom. The highest BCUT2D eigenvalue weighted by molar-refractivity contribution is 6.00. The molecular weight excluding hydrogens is 356 g/mol. The van der Waals surface area contributed by atoms with Gasteiger partial charge in [-0.15, -0.1) is 10.2 Å². The van der Waals surface area contributed by atoms with Crippen LogP contribution in [-0.4, -0.2) is 40.5 Å². The molecule has 2 aromatic carbocycles. The molecule has 7 nitrogen and oxygen atoms in total. The molecule has 0 bridgehead atoms. The second-order valence-electron chi connectivity index (χ2n) is 6.80. The van der Waals surface area contributed by atoms with Crippen molar-refractivity contribution < 1.29 is 14.0 Å². The van der Waals surface area contributed by atoms with Gasteiger partial charge in [-0.1, -0.05) is 17.7 Å². The molecule has 1 N–H and O–H groups in total. The number of carbonyl (C=O) groups excluding carboxylic acids is 2. The number of hydrogen-bond acceptors (Lipinski definition) is 5. The van der Waals surface area contributed by atoms with Crippen molar-refractivity contribution in [1.29, 1.82) is 0 Å². The number of nitrogens with one attached hydrogen (secondary N) is 1. The molecule has 0 saturated heterocycles. The van der Waals surface area contributed by atoms with Crippen molar-refractivity contribution in [2.24, 2.45) is 0 Å². The summed E-state index contributed by atoms with van der Waals surface area (Å²) in [5, 5.41) is 10.4. The minimum absolute atomic E-state index is 0.0446. The van der Waals surface area contributed by atoms with E-state index in [-0.39, 0.29) is 18.4 Å². The Morgan fingerprint density at radius 1 is 1.07 bits per heavy atom. The summed E-state index contributed by atoms with van der Waals surface area (Å²) in [7, 11) is 1.60. The number of amides is 2. The first kappa shape index (κ1) is 19.3. The van der Waals surface area contributed by atoms with Crippen LogP contribution < -0.4 is 5.32 Å². The van der Waals surface area contributed by atoms with E-state index in [0.29, 0.717) is 11.5 Å². The normalized spacial score (nSPS) is 10.6. The summed E-state index contributed by atoms with van der Waals surface area (Å²) in [5.74, 6) is -0.103. The molecule has 0 unspecified atom stereocenters. The topological polar surface area (TPSA) is 88.3 Å². The average molecular weight is 378 g/mol. The fourth-order valence-corrected chi connectivity index (χ4v) is 3.12. The van der Waals surface area contributed by atoms with Crippen LogP contribution in [0.2, 0.25) is 0 Å². The molecule has 0 atom stereocenters. The molecular formula is C21H22N4O3. The Hall–Kier alpha value is -3.48. The lowest BCUT2D eigenvalue weighted by Crippen LogP contribution is -2.35. The average Bonchev–Trinajstić information content (AvgIpc) is 3.19. The maximum Gasteiger partial charge on any atom is 0.254 e. The van der Waals surface area contributed by atoms with Crippen LogP contribution in [0.25, 0.3) is 11.5 Å². The van der Waals surface area contributed by atoms with Crippen molar-refractivity contribution in [2.45, 2.75) is 20.8 Å². The quantitative estimate of drug-likeness (QED) is 0.735. The van der Waals surface area contributed by atoms with E-state index in [1.807, 2.05) is 32.9 Å². The summed E-state index contributed by atoms with van der Waals surface area (Å²) < 4.78 is 5.13.